The molecule has 2 aliphatic rings. The Morgan fingerprint density at radius 1 is 1.07 bits per heavy atom. The van der Waals surface area contributed by atoms with Gasteiger partial charge in [0, 0.05) is 23.8 Å². The number of nitrogens with zero attached hydrogens (tertiary/aromatic N) is 2. The number of halogens is 1. The number of nitrogens with one attached hydrogen (secondary N) is 1. The molecule has 2 fully saturated rings. The maximum atomic E-state index is 12.5. The summed E-state index contributed by atoms with van der Waals surface area (Å²) in [6, 6.07) is 16.7. The van der Waals surface area contributed by atoms with E-state index in [-0.39, 0.29) is 11.9 Å². The topological polar surface area (TPSA) is 61.9 Å². The van der Waals surface area contributed by atoms with Crippen LogP contribution in [0.1, 0.15) is 24.8 Å². The summed E-state index contributed by atoms with van der Waals surface area (Å²) < 4.78 is 0. The van der Waals surface area contributed by atoms with Gasteiger partial charge in [0.25, 0.3) is 0 Å². The van der Waals surface area contributed by atoms with E-state index in [1.165, 1.54) is 5.06 Å². The quantitative estimate of drug-likeness (QED) is 0.846. The first-order valence-electron chi connectivity index (χ1n) is 9.38. The van der Waals surface area contributed by atoms with Crippen LogP contribution in [0.15, 0.2) is 54.6 Å². The molecule has 1 spiro atoms. The third-order valence-electron chi connectivity index (χ3n) is 5.28. The van der Waals surface area contributed by atoms with E-state index in [0.29, 0.717) is 49.6 Å². The molecule has 4 rings (SSSR count). The Morgan fingerprint density at radius 2 is 1.75 bits per heavy atom. The standard InChI is InChI=1S/C21H22ClN3O3/c22-17-6-8-18(9-7-17)23-20(27)24-12-10-21(11-13-24)14-19(26)25(28-21)15-16-4-2-1-3-5-16/h1-9H,10-15H2,(H,23,27). The van der Waals surface area contributed by atoms with Gasteiger partial charge < -0.3 is 10.2 Å². The first-order chi connectivity index (χ1) is 13.5. The number of hydroxylamine groups is 2. The van der Waals surface area contributed by atoms with Crippen molar-refractivity contribution >= 4 is 29.2 Å². The molecule has 2 saturated heterocycles. The minimum absolute atomic E-state index is 0.00270. The van der Waals surface area contributed by atoms with Crippen molar-refractivity contribution in [1.82, 2.24) is 9.96 Å². The number of carbonyl (C=O) groups is 2. The minimum Gasteiger partial charge on any atom is -0.324 e. The number of rotatable bonds is 3. The average molecular weight is 400 g/mol. The second kappa shape index (κ2) is 7.81. The number of piperidine rings is 1. The highest BCUT2D eigenvalue weighted by molar-refractivity contribution is 6.30. The van der Waals surface area contributed by atoms with Crippen molar-refractivity contribution < 1.29 is 14.4 Å². The zero-order chi connectivity index (χ0) is 19.6. The zero-order valence-corrected chi connectivity index (χ0v) is 16.2. The van der Waals surface area contributed by atoms with Gasteiger partial charge in [-0.25, -0.2) is 9.86 Å². The number of benzene rings is 2. The van der Waals surface area contributed by atoms with Crippen molar-refractivity contribution in [1.29, 1.82) is 0 Å². The lowest BCUT2D eigenvalue weighted by Crippen LogP contribution is -2.48. The Balaban J connectivity index is 1.32. The summed E-state index contributed by atoms with van der Waals surface area (Å²) in [5, 5.41) is 4.98. The number of hydrogen-bond acceptors (Lipinski definition) is 3. The summed E-state index contributed by atoms with van der Waals surface area (Å²) in [5.74, 6) is 0.00270. The van der Waals surface area contributed by atoms with Crippen molar-refractivity contribution in [2.45, 2.75) is 31.4 Å². The predicted molar refractivity (Wildman–Crippen MR) is 107 cm³/mol. The van der Waals surface area contributed by atoms with Gasteiger partial charge in [0.2, 0.25) is 5.91 Å². The minimum atomic E-state index is -0.497. The van der Waals surface area contributed by atoms with Crippen LogP contribution in [0.4, 0.5) is 10.5 Å². The number of hydrogen-bond donors (Lipinski definition) is 1. The maximum absolute atomic E-state index is 12.5. The van der Waals surface area contributed by atoms with Gasteiger partial charge in [-0.1, -0.05) is 41.9 Å². The summed E-state index contributed by atoms with van der Waals surface area (Å²) in [6.45, 7) is 1.54. The third kappa shape index (κ3) is 4.13. The molecule has 28 heavy (non-hydrogen) atoms. The maximum Gasteiger partial charge on any atom is 0.321 e. The van der Waals surface area contributed by atoms with Gasteiger partial charge in [0.1, 0.15) is 5.60 Å². The van der Waals surface area contributed by atoms with E-state index < -0.39 is 5.60 Å². The monoisotopic (exact) mass is 399 g/mol. The van der Waals surface area contributed by atoms with Crippen LogP contribution in [-0.2, 0) is 16.2 Å². The second-order valence-corrected chi connectivity index (χ2v) is 7.73. The molecular formula is C21H22ClN3O3. The number of amides is 3. The summed E-state index contributed by atoms with van der Waals surface area (Å²) in [6.07, 6.45) is 1.64. The number of likely N-dealkylation sites (tertiary alicyclic amines) is 1. The molecule has 1 N–H and O–H groups in total. The first kappa shape index (κ1) is 18.8. The molecule has 2 heterocycles. The van der Waals surface area contributed by atoms with E-state index >= 15 is 0 Å². The van der Waals surface area contributed by atoms with Gasteiger partial charge in [-0.15, -0.1) is 0 Å². The van der Waals surface area contributed by atoms with Gasteiger partial charge >= 0.3 is 6.03 Å². The molecule has 0 saturated carbocycles. The molecule has 7 heteroatoms. The molecule has 0 aliphatic carbocycles. The summed E-state index contributed by atoms with van der Waals surface area (Å²) in [7, 11) is 0. The average Bonchev–Trinajstić information content (AvgIpc) is 2.99. The molecule has 0 unspecified atom stereocenters. The molecule has 2 aromatic carbocycles. The molecular weight excluding hydrogens is 378 g/mol. The number of carbonyl (C=O) groups excluding carboxylic acids is 2. The number of anilines is 1. The van der Waals surface area contributed by atoms with Crippen LogP contribution in [0.25, 0.3) is 0 Å². The molecule has 2 aliphatic heterocycles. The van der Waals surface area contributed by atoms with E-state index in [0.717, 1.165) is 5.56 Å². The van der Waals surface area contributed by atoms with Crippen LogP contribution in [0.2, 0.25) is 5.02 Å². The van der Waals surface area contributed by atoms with Crippen molar-refractivity contribution in [3.63, 3.8) is 0 Å². The third-order valence-corrected chi connectivity index (χ3v) is 5.53. The van der Waals surface area contributed by atoms with Crippen LogP contribution in [0.5, 0.6) is 0 Å². The smallest absolute Gasteiger partial charge is 0.321 e. The first-order valence-corrected chi connectivity index (χ1v) is 9.76. The SMILES string of the molecule is O=C(Nc1ccc(Cl)cc1)N1CCC2(CC1)CC(=O)N(Cc1ccccc1)O2. The summed E-state index contributed by atoms with van der Waals surface area (Å²) >= 11 is 5.87. The van der Waals surface area contributed by atoms with Crippen molar-refractivity contribution in [3.05, 3.63) is 65.2 Å². The number of urea groups is 1. The predicted octanol–water partition coefficient (Wildman–Crippen LogP) is 4.07. The summed E-state index contributed by atoms with van der Waals surface area (Å²) in [4.78, 5) is 32.8. The van der Waals surface area contributed by atoms with E-state index in [9.17, 15) is 9.59 Å². The lowest BCUT2D eigenvalue weighted by molar-refractivity contribution is -0.212. The lowest BCUT2D eigenvalue weighted by Gasteiger charge is -2.37. The van der Waals surface area contributed by atoms with E-state index in [1.54, 1.807) is 29.2 Å². The van der Waals surface area contributed by atoms with Crippen molar-refractivity contribution in [2.24, 2.45) is 0 Å². The molecule has 0 radical (unpaired) electrons. The van der Waals surface area contributed by atoms with Gasteiger partial charge in [0.15, 0.2) is 0 Å². The van der Waals surface area contributed by atoms with Crippen LogP contribution in [-0.4, -0.2) is 40.6 Å². The highest BCUT2D eigenvalue weighted by Gasteiger charge is 2.47. The van der Waals surface area contributed by atoms with Gasteiger partial charge in [-0.3, -0.25) is 9.63 Å². The van der Waals surface area contributed by atoms with Crippen LogP contribution in [0.3, 0.4) is 0 Å². The van der Waals surface area contributed by atoms with Gasteiger partial charge in [-0.05, 0) is 42.7 Å². The highest BCUT2D eigenvalue weighted by Crippen LogP contribution is 2.37. The van der Waals surface area contributed by atoms with Crippen LogP contribution < -0.4 is 5.32 Å². The van der Waals surface area contributed by atoms with Crippen LogP contribution >= 0.6 is 11.6 Å². The Bertz CT molecular complexity index is 849. The van der Waals surface area contributed by atoms with Crippen molar-refractivity contribution in [2.75, 3.05) is 18.4 Å². The fourth-order valence-electron chi connectivity index (χ4n) is 3.67. The molecule has 146 valence electrons. The highest BCUT2D eigenvalue weighted by atomic mass is 35.5. The Morgan fingerprint density at radius 3 is 2.43 bits per heavy atom. The molecule has 0 bridgehead atoms. The molecule has 2 aromatic rings. The normalized spacial score (nSPS) is 18.5. The van der Waals surface area contributed by atoms with Gasteiger partial charge in [-0.2, -0.15) is 0 Å². The van der Waals surface area contributed by atoms with Crippen molar-refractivity contribution in [3.8, 4) is 0 Å². The molecule has 6 nitrogen and oxygen atoms in total. The molecule has 3 amide bonds. The van der Waals surface area contributed by atoms with E-state index in [2.05, 4.69) is 5.32 Å². The second-order valence-electron chi connectivity index (χ2n) is 7.29. The van der Waals surface area contributed by atoms with E-state index in [1.807, 2.05) is 30.3 Å². The van der Waals surface area contributed by atoms with E-state index in [4.69, 9.17) is 16.4 Å². The fourth-order valence-corrected chi connectivity index (χ4v) is 3.80. The fraction of sp³-hybridized carbons (Fsp3) is 0.333. The Labute approximate surface area is 169 Å². The Hall–Kier alpha value is -2.57. The summed E-state index contributed by atoms with van der Waals surface area (Å²) in [5.41, 5.74) is 1.24. The zero-order valence-electron chi connectivity index (χ0n) is 15.4. The molecule has 0 atom stereocenters. The molecule has 0 aromatic heterocycles. The Kier molecular flexibility index (Phi) is 5.24. The van der Waals surface area contributed by atoms with Gasteiger partial charge in [0.05, 0.1) is 13.0 Å². The largest absolute Gasteiger partial charge is 0.324 e. The van der Waals surface area contributed by atoms with Crippen LogP contribution in [0, 0.1) is 0 Å². The lowest BCUT2D eigenvalue weighted by atomic mass is 9.89.